The van der Waals surface area contributed by atoms with Crippen LogP contribution in [-0.4, -0.2) is 11.1 Å². The molecule has 2 aromatic rings. The Kier molecular flexibility index (Phi) is 4.56. The van der Waals surface area contributed by atoms with Crippen molar-refractivity contribution in [3.05, 3.63) is 70.2 Å². The number of halogens is 4. The van der Waals surface area contributed by atoms with E-state index in [4.69, 9.17) is 11.6 Å². The Balaban J connectivity index is 2.38. The minimum Gasteiger partial charge on any atom is -0.478 e. The molecule has 0 saturated heterocycles. The molecule has 0 atom stereocenters. The minimum absolute atomic E-state index is 0.0311. The SMILES string of the molecule is O=C(O)/C(=C\c1ccc(C(F)(F)F)cc1)c1ccc(Cl)cc1. The van der Waals surface area contributed by atoms with Crippen LogP contribution in [0.3, 0.4) is 0 Å². The molecule has 0 aromatic heterocycles. The maximum absolute atomic E-state index is 12.5. The second kappa shape index (κ2) is 6.23. The molecule has 0 saturated carbocycles. The Morgan fingerprint density at radius 1 is 1.00 bits per heavy atom. The van der Waals surface area contributed by atoms with Gasteiger partial charge in [-0.3, -0.25) is 0 Å². The lowest BCUT2D eigenvalue weighted by molar-refractivity contribution is -0.137. The van der Waals surface area contributed by atoms with Crippen molar-refractivity contribution >= 4 is 29.2 Å². The smallest absolute Gasteiger partial charge is 0.416 e. The third kappa shape index (κ3) is 3.89. The van der Waals surface area contributed by atoms with E-state index in [1.807, 2.05) is 0 Å². The van der Waals surface area contributed by atoms with Gasteiger partial charge in [-0.05, 0) is 41.5 Å². The van der Waals surface area contributed by atoms with Crippen molar-refractivity contribution in [3.63, 3.8) is 0 Å². The highest BCUT2D eigenvalue weighted by Crippen LogP contribution is 2.29. The second-order valence-corrected chi connectivity index (χ2v) is 4.93. The highest BCUT2D eigenvalue weighted by Gasteiger charge is 2.29. The summed E-state index contributed by atoms with van der Waals surface area (Å²) in [5.74, 6) is -1.18. The number of benzene rings is 2. The lowest BCUT2D eigenvalue weighted by atomic mass is 10.0. The molecule has 0 aliphatic carbocycles. The summed E-state index contributed by atoms with van der Waals surface area (Å²) in [5.41, 5.74) is -0.0402. The van der Waals surface area contributed by atoms with Gasteiger partial charge in [0.2, 0.25) is 0 Å². The summed E-state index contributed by atoms with van der Waals surface area (Å²) in [6.07, 6.45) is -3.11. The Labute approximate surface area is 129 Å². The third-order valence-electron chi connectivity index (χ3n) is 2.93. The van der Waals surface area contributed by atoms with Crippen LogP contribution in [0.2, 0.25) is 5.02 Å². The van der Waals surface area contributed by atoms with Crippen LogP contribution >= 0.6 is 11.6 Å². The number of hydrogen-bond acceptors (Lipinski definition) is 1. The molecule has 2 aromatic carbocycles. The zero-order valence-corrected chi connectivity index (χ0v) is 11.8. The molecule has 0 aliphatic heterocycles. The molecule has 0 radical (unpaired) electrons. The highest BCUT2D eigenvalue weighted by atomic mass is 35.5. The molecular weight excluding hydrogens is 317 g/mol. The molecule has 2 nitrogen and oxygen atoms in total. The van der Waals surface area contributed by atoms with E-state index in [1.54, 1.807) is 12.1 Å². The fourth-order valence-electron chi connectivity index (χ4n) is 1.83. The Bertz CT molecular complexity index is 702. The molecule has 0 heterocycles. The van der Waals surface area contributed by atoms with Crippen LogP contribution in [0.1, 0.15) is 16.7 Å². The molecule has 6 heteroatoms. The van der Waals surface area contributed by atoms with Gasteiger partial charge in [0.15, 0.2) is 0 Å². The molecule has 0 fully saturated rings. The summed E-state index contributed by atoms with van der Waals surface area (Å²) in [4.78, 5) is 11.3. The Hall–Kier alpha value is -2.27. The lowest BCUT2D eigenvalue weighted by Gasteiger charge is -2.07. The summed E-state index contributed by atoms with van der Waals surface area (Å²) in [6, 6.07) is 10.4. The van der Waals surface area contributed by atoms with Gasteiger partial charge in [0.25, 0.3) is 0 Å². The third-order valence-corrected chi connectivity index (χ3v) is 3.19. The van der Waals surface area contributed by atoms with Crippen molar-refractivity contribution in [2.24, 2.45) is 0 Å². The predicted molar refractivity (Wildman–Crippen MR) is 78.4 cm³/mol. The minimum atomic E-state index is -4.42. The van der Waals surface area contributed by atoms with Crippen molar-refractivity contribution in [1.82, 2.24) is 0 Å². The van der Waals surface area contributed by atoms with E-state index in [0.717, 1.165) is 12.1 Å². The quantitative estimate of drug-likeness (QED) is 0.637. The van der Waals surface area contributed by atoms with Crippen LogP contribution in [0, 0.1) is 0 Å². The molecule has 2 rings (SSSR count). The van der Waals surface area contributed by atoms with Crippen LogP contribution in [0.5, 0.6) is 0 Å². The first kappa shape index (κ1) is 16.1. The molecule has 114 valence electrons. The topological polar surface area (TPSA) is 37.3 Å². The number of rotatable bonds is 3. The summed E-state index contributed by atoms with van der Waals surface area (Å²) < 4.78 is 37.5. The van der Waals surface area contributed by atoms with Crippen LogP contribution in [0.25, 0.3) is 11.6 Å². The van der Waals surface area contributed by atoms with Crippen LogP contribution in [-0.2, 0) is 11.0 Å². The number of hydrogen-bond donors (Lipinski definition) is 1. The monoisotopic (exact) mass is 326 g/mol. The van der Waals surface area contributed by atoms with Crippen molar-refractivity contribution in [3.8, 4) is 0 Å². The zero-order chi connectivity index (χ0) is 16.3. The lowest BCUT2D eigenvalue weighted by Crippen LogP contribution is -2.04. The number of carboxylic acid groups (broad SMARTS) is 1. The summed E-state index contributed by atoms with van der Waals surface area (Å²) in [5, 5.41) is 9.72. The molecule has 0 aliphatic rings. The van der Waals surface area contributed by atoms with Crippen molar-refractivity contribution in [1.29, 1.82) is 0 Å². The number of carbonyl (C=O) groups is 1. The fraction of sp³-hybridized carbons (Fsp3) is 0.0625. The van der Waals surface area contributed by atoms with E-state index in [1.165, 1.54) is 30.3 Å². The maximum Gasteiger partial charge on any atom is 0.416 e. The van der Waals surface area contributed by atoms with Gasteiger partial charge in [0, 0.05) is 5.02 Å². The highest BCUT2D eigenvalue weighted by molar-refractivity contribution is 6.30. The van der Waals surface area contributed by atoms with Crippen molar-refractivity contribution in [2.45, 2.75) is 6.18 Å². The fourth-order valence-corrected chi connectivity index (χ4v) is 1.96. The number of aliphatic carboxylic acids is 1. The van der Waals surface area contributed by atoms with Gasteiger partial charge in [-0.1, -0.05) is 35.9 Å². The standard InChI is InChI=1S/C16H10ClF3O2/c17-13-7-3-11(4-8-13)14(15(21)22)9-10-1-5-12(6-2-10)16(18,19)20/h1-9H,(H,21,22)/b14-9-. The summed E-state index contributed by atoms with van der Waals surface area (Å²) >= 11 is 5.74. The van der Waals surface area contributed by atoms with E-state index in [9.17, 15) is 23.1 Å². The summed E-state index contributed by atoms with van der Waals surface area (Å²) in [6.45, 7) is 0. The van der Waals surface area contributed by atoms with E-state index in [0.29, 0.717) is 16.1 Å². The van der Waals surface area contributed by atoms with Gasteiger partial charge in [-0.15, -0.1) is 0 Å². The molecule has 1 N–H and O–H groups in total. The predicted octanol–water partition coefficient (Wildman–Crippen LogP) is 4.98. The van der Waals surface area contributed by atoms with E-state index in [2.05, 4.69) is 0 Å². The van der Waals surface area contributed by atoms with Gasteiger partial charge < -0.3 is 5.11 Å². The number of alkyl halides is 3. The first-order valence-electron chi connectivity index (χ1n) is 6.15. The largest absolute Gasteiger partial charge is 0.478 e. The Morgan fingerprint density at radius 2 is 1.55 bits per heavy atom. The second-order valence-electron chi connectivity index (χ2n) is 4.49. The normalized spacial score (nSPS) is 12.3. The zero-order valence-electron chi connectivity index (χ0n) is 11.1. The average Bonchev–Trinajstić information content (AvgIpc) is 2.45. The number of carboxylic acids is 1. The van der Waals surface area contributed by atoms with Crippen LogP contribution < -0.4 is 0 Å². The summed E-state index contributed by atoms with van der Waals surface area (Å²) in [7, 11) is 0. The van der Waals surface area contributed by atoms with Gasteiger partial charge in [0.1, 0.15) is 0 Å². The molecule has 22 heavy (non-hydrogen) atoms. The average molecular weight is 327 g/mol. The van der Waals surface area contributed by atoms with Crippen molar-refractivity contribution < 1.29 is 23.1 Å². The molecule has 0 bridgehead atoms. The maximum atomic E-state index is 12.5. The van der Waals surface area contributed by atoms with E-state index < -0.39 is 17.7 Å². The molecule has 0 spiro atoms. The Morgan fingerprint density at radius 3 is 2.00 bits per heavy atom. The van der Waals surface area contributed by atoms with Gasteiger partial charge in [-0.25, -0.2) is 4.79 Å². The first-order chi connectivity index (χ1) is 10.3. The van der Waals surface area contributed by atoms with E-state index in [-0.39, 0.29) is 5.57 Å². The molecule has 0 unspecified atom stereocenters. The van der Waals surface area contributed by atoms with E-state index >= 15 is 0 Å². The van der Waals surface area contributed by atoms with Crippen LogP contribution in [0.15, 0.2) is 48.5 Å². The van der Waals surface area contributed by atoms with Gasteiger partial charge in [-0.2, -0.15) is 13.2 Å². The van der Waals surface area contributed by atoms with Gasteiger partial charge >= 0.3 is 12.1 Å². The van der Waals surface area contributed by atoms with Crippen LogP contribution in [0.4, 0.5) is 13.2 Å². The molecular formula is C16H10ClF3O2. The first-order valence-corrected chi connectivity index (χ1v) is 6.53. The van der Waals surface area contributed by atoms with Gasteiger partial charge in [0.05, 0.1) is 11.1 Å². The molecule has 0 amide bonds. The van der Waals surface area contributed by atoms with Crippen molar-refractivity contribution in [2.75, 3.05) is 0 Å².